The van der Waals surface area contributed by atoms with Gasteiger partial charge in [-0.25, -0.2) is 0 Å². The number of thioether (sulfide) groups is 1. The molecule has 1 heterocycles. The van der Waals surface area contributed by atoms with Crippen molar-refractivity contribution in [3.8, 4) is 0 Å². The van der Waals surface area contributed by atoms with Gasteiger partial charge >= 0.3 is 0 Å². The molecular formula is C12H21NOS. The van der Waals surface area contributed by atoms with Crippen molar-refractivity contribution in [3.05, 3.63) is 0 Å². The normalized spacial score (nSPS) is 31.3. The number of hydrogen-bond donors (Lipinski definition) is 0. The quantitative estimate of drug-likeness (QED) is 0.737. The molecule has 2 aliphatic rings. The molecule has 2 nitrogen and oxygen atoms in total. The SMILES string of the molecule is CSC1(CN2CCC(=O)C(C)C2)CCC1. The Morgan fingerprint density at radius 1 is 1.53 bits per heavy atom. The van der Waals surface area contributed by atoms with Crippen LogP contribution >= 0.6 is 11.8 Å². The first-order valence-corrected chi connectivity index (χ1v) is 7.18. The highest BCUT2D eigenvalue weighted by atomic mass is 32.2. The summed E-state index contributed by atoms with van der Waals surface area (Å²) in [5, 5.41) is 0. The van der Waals surface area contributed by atoms with Gasteiger partial charge in [0.25, 0.3) is 0 Å². The van der Waals surface area contributed by atoms with Crippen LogP contribution in [0.1, 0.15) is 32.6 Å². The maximum Gasteiger partial charge on any atom is 0.138 e. The maximum atomic E-state index is 11.4. The molecule has 0 aromatic rings. The predicted molar refractivity (Wildman–Crippen MR) is 65.3 cm³/mol. The first kappa shape index (κ1) is 11.5. The molecule has 1 saturated heterocycles. The number of piperidine rings is 1. The van der Waals surface area contributed by atoms with Crippen LogP contribution in [0.25, 0.3) is 0 Å². The average Bonchev–Trinajstić information content (AvgIpc) is 2.17. The Morgan fingerprint density at radius 2 is 2.27 bits per heavy atom. The largest absolute Gasteiger partial charge is 0.301 e. The van der Waals surface area contributed by atoms with E-state index in [1.165, 1.54) is 25.8 Å². The number of Topliss-reactive ketones (excluding diaryl/α,β-unsaturated/α-hetero) is 1. The van der Waals surface area contributed by atoms with E-state index >= 15 is 0 Å². The molecule has 1 atom stereocenters. The van der Waals surface area contributed by atoms with Crippen molar-refractivity contribution < 1.29 is 4.79 Å². The van der Waals surface area contributed by atoms with Crippen LogP contribution < -0.4 is 0 Å². The van der Waals surface area contributed by atoms with E-state index in [-0.39, 0.29) is 5.92 Å². The molecule has 0 radical (unpaired) electrons. The molecule has 1 aliphatic heterocycles. The summed E-state index contributed by atoms with van der Waals surface area (Å²) in [6.45, 7) is 5.25. The molecule has 0 aromatic carbocycles. The summed E-state index contributed by atoms with van der Waals surface area (Å²) < 4.78 is 0.528. The Labute approximate surface area is 96.8 Å². The first-order chi connectivity index (χ1) is 7.15. The van der Waals surface area contributed by atoms with Crippen LogP contribution in [0.3, 0.4) is 0 Å². The van der Waals surface area contributed by atoms with E-state index in [0.717, 1.165) is 19.5 Å². The lowest BCUT2D eigenvalue weighted by atomic mass is 9.83. The minimum Gasteiger partial charge on any atom is -0.301 e. The Bertz CT molecular complexity index is 244. The number of carbonyl (C=O) groups excluding carboxylic acids is 1. The number of rotatable bonds is 3. The van der Waals surface area contributed by atoms with Gasteiger partial charge in [0.15, 0.2) is 0 Å². The highest BCUT2D eigenvalue weighted by Gasteiger charge is 2.38. The summed E-state index contributed by atoms with van der Waals surface area (Å²) in [6.07, 6.45) is 7.13. The van der Waals surface area contributed by atoms with Gasteiger partial charge in [0, 0.05) is 36.7 Å². The highest BCUT2D eigenvalue weighted by Crippen LogP contribution is 2.43. The Balaban J connectivity index is 1.87. The van der Waals surface area contributed by atoms with Crippen molar-refractivity contribution in [1.82, 2.24) is 4.90 Å². The van der Waals surface area contributed by atoms with E-state index in [1.807, 2.05) is 11.8 Å². The second kappa shape index (κ2) is 4.46. The molecule has 86 valence electrons. The molecule has 0 aromatic heterocycles. The molecule has 3 heteroatoms. The minimum absolute atomic E-state index is 0.262. The van der Waals surface area contributed by atoms with Crippen molar-refractivity contribution in [3.63, 3.8) is 0 Å². The fourth-order valence-corrected chi connectivity index (χ4v) is 3.65. The van der Waals surface area contributed by atoms with E-state index < -0.39 is 0 Å². The van der Waals surface area contributed by atoms with Gasteiger partial charge in [-0.3, -0.25) is 4.79 Å². The maximum absolute atomic E-state index is 11.4. The summed E-state index contributed by atoms with van der Waals surface area (Å²) in [5.41, 5.74) is 0. The van der Waals surface area contributed by atoms with Crippen LogP contribution in [-0.2, 0) is 4.79 Å². The lowest BCUT2D eigenvalue weighted by molar-refractivity contribution is -0.125. The zero-order valence-electron chi connectivity index (χ0n) is 9.79. The number of hydrogen-bond acceptors (Lipinski definition) is 3. The van der Waals surface area contributed by atoms with Crippen LogP contribution in [0.4, 0.5) is 0 Å². The Kier molecular flexibility index (Phi) is 3.41. The third-order valence-electron chi connectivity index (χ3n) is 3.97. The van der Waals surface area contributed by atoms with Crippen LogP contribution in [0.5, 0.6) is 0 Å². The summed E-state index contributed by atoms with van der Waals surface area (Å²) in [5.74, 6) is 0.718. The van der Waals surface area contributed by atoms with Gasteiger partial charge in [-0.15, -0.1) is 0 Å². The molecule has 0 N–H and O–H groups in total. The molecule has 2 fully saturated rings. The van der Waals surface area contributed by atoms with Crippen molar-refractivity contribution in [1.29, 1.82) is 0 Å². The topological polar surface area (TPSA) is 20.3 Å². The second-order valence-electron chi connectivity index (χ2n) is 5.09. The molecular weight excluding hydrogens is 206 g/mol. The van der Waals surface area contributed by atoms with E-state index in [1.54, 1.807) is 0 Å². The highest BCUT2D eigenvalue weighted by molar-refractivity contribution is 8.00. The number of likely N-dealkylation sites (tertiary alicyclic amines) is 1. The number of ketones is 1. The molecule has 2 rings (SSSR count). The zero-order chi connectivity index (χ0) is 10.9. The smallest absolute Gasteiger partial charge is 0.138 e. The summed E-state index contributed by atoms with van der Waals surface area (Å²) in [4.78, 5) is 13.9. The van der Waals surface area contributed by atoms with Crippen LogP contribution in [0.2, 0.25) is 0 Å². The van der Waals surface area contributed by atoms with E-state index in [9.17, 15) is 4.79 Å². The third kappa shape index (κ3) is 2.39. The fourth-order valence-electron chi connectivity index (χ4n) is 2.64. The molecule has 1 aliphatic carbocycles. The Hall–Kier alpha value is -0.0200. The van der Waals surface area contributed by atoms with E-state index in [2.05, 4.69) is 18.1 Å². The van der Waals surface area contributed by atoms with Crippen molar-refractivity contribution in [2.24, 2.45) is 5.92 Å². The first-order valence-electron chi connectivity index (χ1n) is 5.95. The molecule has 1 saturated carbocycles. The van der Waals surface area contributed by atoms with Crippen LogP contribution in [-0.4, -0.2) is 41.3 Å². The van der Waals surface area contributed by atoms with Crippen molar-refractivity contribution >= 4 is 17.5 Å². The standard InChI is InChI=1S/C12H21NOS/c1-10-8-13(7-4-11(10)14)9-12(15-2)5-3-6-12/h10H,3-9H2,1-2H3. The van der Waals surface area contributed by atoms with Gasteiger partial charge in [0.05, 0.1) is 0 Å². The predicted octanol–water partition coefficient (Wildman–Crippen LogP) is 2.18. The molecule has 0 spiro atoms. The third-order valence-corrected chi connectivity index (χ3v) is 5.37. The minimum atomic E-state index is 0.262. The van der Waals surface area contributed by atoms with Crippen molar-refractivity contribution in [2.45, 2.75) is 37.4 Å². The van der Waals surface area contributed by atoms with Crippen LogP contribution in [0, 0.1) is 5.92 Å². The lowest BCUT2D eigenvalue weighted by Gasteiger charge is -2.45. The lowest BCUT2D eigenvalue weighted by Crippen LogP contribution is -2.49. The van der Waals surface area contributed by atoms with Gasteiger partial charge < -0.3 is 4.90 Å². The molecule has 0 amide bonds. The van der Waals surface area contributed by atoms with Gasteiger partial charge in [-0.05, 0) is 19.1 Å². The van der Waals surface area contributed by atoms with E-state index in [4.69, 9.17) is 0 Å². The summed E-state index contributed by atoms with van der Waals surface area (Å²) in [7, 11) is 0. The van der Waals surface area contributed by atoms with Gasteiger partial charge in [0.2, 0.25) is 0 Å². The fraction of sp³-hybridized carbons (Fsp3) is 0.917. The molecule has 15 heavy (non-hydrogen) atoms. The van der Waals surface area contributed by atoms with E-state index in [0.29, 0.717) is 10.5 Å². The molecule has 1 unspecified atom stereocenters. The van der Waals surface area contributed by atoms with Gasteiger partial charge in [-0.2, -0.15) is 11.8 Å². The summed E-state index contributed by atoms with van der Waals surface area (Å²) >= 11 is 2.03. The van der Waals surface area contributed by atoms with Gasteiger partial charge in [0.1, 0.15) is 5.78 Å². The number of nitrogens with zero attached hydrogens (tertiary/aromatic N) is 1. The summed E-state index contributed by atoms with van der Waals surface area (Å²) in [6, 6.07) is 0. The van der Waals surface area contributed by atoms with Crippen LogP contribution in [0.15, 0.2) is 0 Å². The second-order valence-corrected chi connectivity index (χ2v) is 6.37. The molecule has 0 bridgehead atoms. The zero-order valence-corrected chi connectivity index (χ0v) is 10.6. The van der Waals surface area contributed by atoms with Gasteiger partial charge in [-0.1, -0.05) is 13.3 Å². The average molecular weight is 227 g/mol. The monoisotopic (exact) mass is 227 g/mol. The van der Waals surface area contributed by atoms with Crippen molar-refractivity contribution in [2.75, 3.05) is 25.9 Å². The Morgan fingerprint density at radius 3 is 2.73 bits per heavy atom. The number of carbonyl (C=O) groups is 1.